The summed E-state index contributed by atoms with van der Waals surface area (Å²) in [5.41, 5.74) is 2.90. The van der Waals surface area contributed by atoms with Crippen molar-refractivity contribution in [1.29, 1.82) is 0 Å². The van der Waals surface area contributed by atoms with Gasteiger partial charge < -0.3 is 14.2 Å². The van der Waals surface area contributed by atoms with Crippen molar-refractivity contribution < 1.29 is 28.9 Å². The minimum atomic E-state index is -0.772. The number of non-ortho nitro benzene ring substituents is 1. The molecule has 1 aromatic heterocycles. The Hall–Kier alpha value is -4.11. The summed E-state index contributed by atoms with van der Waals surface area (Å²) in [4.78, 5) is 36.7. The van der Waals surface area contributed by atoms with Crippen LogP contribution in [0.1, 0.15) is 18.2 Å². The summed E-state index contributed by atoms with van der Waals surface area (Å²) in [5, 5.41) is 28.7. The van der Waals surface area contributed by atoms with E-state index in [-0.39, 0.29) is 29.6 Å². The number of anilines is 1. The van der Waals surface area contributed by atoms with E-state index in [1.54, 1.807) is 24.4 Å². The predicted octanol–water partition coefficient (Wildman–Crippen LogP) is 5.07. The number of hydrogen-bond acceptors (Lipinski definition) is 12. The summed E-state index contributed by atoms with van der Waals surface area (Å²) in [5.74, 6) is -0.209. The monoisotopic (exact) mass is 579 g/mol. The molecule has 13 nitrogen and oxygen atoms in total. The number of nitro benzene ring substituents is 2. The van der Waals surface area contributed by atoms with Crippen LogP contribution in [-0.2, 0) is 16.0 Å². The van der Waals surface area contributed by atoms with Gasteiger partial charge in [0.2, 0.25) is 10.9 Å². The summed E-state index contributed by atoms with van der Waals surface area (Å²) in [7, 11) is 1.39. The van der Waals surface area contributed by atoms with E-state index in [1.807, 2.05) is 0 Å². The molecule has 0 amide bonds. The summed E-state index contributed by atoms with van der Waals surface area (Å²) < 4.78 is 16.3. The third kappa shape index (κ3) is 6.73. The van der Waals surface area contributed by atoms with Gasteiger partial charge in [0.1, 0.15) is 0 Å². The molecule has 0 aliphatic carbocycles. The fourth-order valence-corrected chi connectivity index (χ4v) is 4.03. The average Bonchev–Trinajstić information content (AvgIpc) is 3.27. The number of ether oxygens (including phenoxy) is 3. The molecule has 0 fully saturated rings. The van der Waals surface area contributed by atoms with E-state index in [0.717, 1.165) is 18.2 Å². The number of benzene rings is 2. The number of nitrogens with zero attached hydrogens (tertiary/aromatic N) is 4. The van der Waals surface area contributed by atoms with Crippen LogP contribution in [-0.4, -0.2) is 40.7 Å². The molecule has 3 aromatic rings. The molecule has 188 valence electrons. The second-order valence-corrected chi connectivity index (χ2v) is 8.51. The molecule has 0 unspecified atom stereocenters. The van der Waals surface area contributed by atoms with Crippen LogP contribution in [0.2, 0.25) is 0 Å². The Kier molecular flexibility index (Phi) is 8.86. The summed E-state index contributed by atoms with van der Waals surface area (Å²) in [6.07, 6.45) is 1.55. The van der Waals surface area contributed by atoms with Gasteiger partial charge >= 0.3 is 11.7 Å². The van der Waals surface area contributed by atoms with Gasteiger partial charge in [-0.25, -0.2) is 4.98 Å². The zero-order valence-electron chi connectivity index (χ0n) is 18.8. The third-order valence-corrected chi connectivity index (χ3v) is 5.75. The molecule has 0 radical (unpaired) electrons. The second kappa shape index (κ2) is 12.0. The minimum Gasteiger partial charge on any atom is -0.493 e. The highest BCUT2D eigenvalue weighted by molar-refractivity contribution is 9.10. The standard InChI is InChI=1S/C21H18BrN5O8S/c1-3-34-19(28)8-13-11-36-21(24-13)25-23-10-12-6-15(22)20(18(7-12)33-2)35-17-5-4-14(26(29)30)9-16(17)27(31)32/h4-7,9-11H,3,8H2,1-2H3,(H,24,25). The van der Waals surface area contributed by atoms with Crippen molar-refractivity contribution >= 4 is 56.0 Å². The van der Waals surface area contributed by atoms with Crippen molar-refractivity contribution in [1.82, 2.24) is 4.98 Å². The van der Waals surface area contributed by atoms with Crippen LogP contribution in [0.5, 0.6) is 17.2 Å². The van der Waals surface area contributed by atoms with Crippen molar-refractivity contribution in [2.24, 2.45) is 5.10 Å². The summed E-state index contributed by atoms with van der Waals surface area (Å²) >= 11 is 4.62. The highest BCUT2D eigenvalue weighted by Crippen LogP contribution is 2.42. The molecular weight excluding hydrogens is 562 g/mol. The number of carbonyl (C=O) groups is 1. The molecule has 15 heteroatoms. The molecule has 2 aromatic carbocycles. The lowest BCUT2D eigenvalue weighted by Crippen LogP contribution is -2.07. The number of halogens is 1. The predicted molar refractivity (Wildman–Crippen MR) is 134 cm³/mol. The van der Waals surface area contributed by atoms with E-state index in [0.29, 0.717) is 27.5 Å². The lowest BCUT2D eigenvalue weighted by atomic mass is 10.2. The summed E-state index contributed by atoms with van der Waals surface area (Å²) in [6, 6.07) is 6.28. The molecule has 3 rings (SSSR count). The van der Waals surface area contributed by atoms with Gasteiger partial charge in [0.25, 0.3) is 5.69 Å². The lowest BCUT2D eigenvalue weighted by Gasteiger charge is -2.13. The molecule has 0 atom stereocenters. The minimum absolute atomic E-state index is 0.0638. The van der Waals surface area contributed by atoms with Crippen molar-refractivity contribution in [2.45, 2.75) is 13.3 Å². The van der Waals surface area contributed by atoms with E-state index < -0.39 is 21.2 Å². The van der Waals surface area contributed by atoms with Crippen LogP contribution in [0.15, 0.2) is 45.3 Å². The van der Waals surface area contributed by atoms with Crippen LogP contribution in [0.25, 0.3) is 0 Å². The number of thiazole rings is 1. The Labute approximate surface area is 216 Å². The quantitative estimate of drug-likeness (QED) is 0.140. The number of nitrogens with one attached hydrogen (secondary N) is 1. The molecule has 0 spiro atoms. The largest absolute Gasteiger partial charge is 0.493 e. The van der Waals surface area contributed by atoms with Crippen LogP contribution < -0.4 is 14.9 Å². The Morgan fingerprint density at radius 1 is 1.22 bits per heavy atom. The van der Waals surface area contributed by atoms with Crippen molar-refractivity contribution in [3.8, 4) is 17.2 Å². The average molecular weight is 580 g/mol. The van der Waals surface area contributed by atoms with E-state index in [9.17, 15) is 25.0 Å². The van der Waals surface area contributed by atoms with Gasteiger partial charge in [0.05, 0.1) is 52.4 Å². The second-order valence-electron chi connectivity index (χ2n) is 6.80. The van der Waals surface area contributed by atoms with Crippen LogP contribution in [0.4, 0.5) is 16.5 Å². The fraction of sp³-hybridized carbons (Fsp3) is 0.190. The molecule has 0 bridgehead atoms. The third-order valence-electron chi connectivity index (χ3n) is 4.37. The zero-order valence-corrected chi connectivity index (χ0v) is 21.2. The molecule has 1 N–H and O–H groups in total. The molecule has 0 aliphatic rings. The SMILES string of the molecule is CCOC(=O)Cc1csc(NN=Cc2cc(Br)c(Oc3ccc([N+](=O)[O-])cc3[N+](=O)[O-])c(OC)c2)n1. The maximum atomic E-state index is 11.6. The molecule has 0 aliphatic heterocycles. The first-order valence-corrected chi connectivity index (χ1v) is 11.8. The number of methoxy groups -OCH3 is 1. The highest BCUT2D eigenvalue weighted by Gasteiger charge is 2.23. The van der Waals surface area contributed by atoms with Gasteiger partial charge in [-0.2, -0.15) is 5.10 Å². The van der Waals surface area contributed by atoms with Gasteiger partial charge in [0, 0.05) is 11.4 Å². The van der Waals surface area contributed by atoms with Gasteiger partial charge in [-0.15, -0.1) is 11.3 Å². The first-order valence-electron chi connectivity index (χ1n) is 10.1. The fourth-order valence-electron chi connectivity index (χ4n) is 2.83. The van der Waals surface area contributed by atoms with Crippen LogP contribution in [0.3, 0.4) is 0 Å². The van der Waals surface area contributed by atoms with Gasteiger partial charge in [-0.05, 0) is 46.6 Å². The van der Waals surface area contributed by atoms with E-state index >= 15 is 0 Å². The Bertz CT molecular complexity index is 1330. The number of hydrogen-bond donors (Lipinski definition) is 1. The van der Waals surface area contributed by atoms with Crippen molar-refractivity contribution in [2.75, 3.05) is 19.1 Å². The number of hydrazone groups is 1. The molecule has 1 heterocycles. The first kappa shape index (κ1) is 26.5. The number of carbonyl (C=O) groups excluding carboxylic acids is 1. The highest BCUT2D eigenvalue weighted by atomic mass is 79.9. The van der Waals surface area contributed by atoms with E-state index in [4.69, 9.17) is 14.2 Å². The number of rotatable bonds is 11. The van der Waals surface area contributed by atoms with E-state index in [1.165, 1.54) is 24.7 Å². The smallest absolute Gasteiger partial charge is 0.318 e. The topological polar surface area (TPSA) is 168 Å². The van der Waals surface area contributed by atoms with Gasteiger partial charge in [0.15, 0.2) is 11.5 Å². The normalized spacial score (nSPS) is 10.8. The Morgan fingerprint density at radius 3 is 2.67 bits per heavy atom. The Balaban J connectivity index is 1.77. The molecule has 36 heavy (non-hydrogen) atoms. The maximum Gasteiger partial charge on any atom is 0.318 e. The Morgan fingerprint density at radius 2 is 2.00 bits per heavy atom. The van der Waals surface area contributed by atoms with Crippen LogP contribution in [0, 0.1) is 20.2 Å². The number of esters is 1. The van der Waals surface area contributed by atoms with Crippen molar-refractivity contribution in [3.05, 3.63) is 71.7 Å². The van der Waals surface area contributed by atoms with Crippen LogP contribution >= 0.6 is 27.3 Å². The summed E-state index contributed by atoms with van der Waals surface area (Å²) in [6.45, 7) is 2.03. The molecule has 0 saturated carbocycles. The van der Waals surface area contributed by atoms with Gasteiger partial charge in [-0.1, -0.05) is 0 Å². The molecular formula is C21H18BrN5O8S. The maximum absolute atomic E-state index is 11.6. The molecule has 0 saturated heterocycles. The van der Waals surface area contributed by atoms with Crippen molar-refractivity contribution in [3.63, 3.8) is 0 Å². The first-order chi connectivity index (χ1) is 17.2. The zero-order chi connectivity index (χ0) is 26.2. The number of aromatic nitrogens is 1. The number of nitro groups is 2. The van der Waals surface area contributed by atoms with Gasteiger partial charge in [-0.3, -0.25) is 30.4 Å². The van der Waals surface area contributed by atoms with E-state index in [2.05, 4.69) is 31.4 Å². The lowest BCUT2D eigenvalue weighted by molar-refractivity contribution is -0.394.